The predicted molar refractivity (Wildman–Crippen MR) is 279 cm³/mol. The number of aryl methyl sites for hydroxylation is 1. The van der Waals surface area contributed by atoms with E-state index in [4.69, 9.17) is 24.0 Å². The van der Waals surface area contributed by atoms with Gasteiger partial charge in [-0.2, -0.15) is 19.6 Å². The van der Waals surface area contributed by atoms with Crippen molar-refractivity contribution in [2.75, 3.05) is 14.1 Å². The van der Waals surface area contributed by atoms with E-state index in [2.05, 4.69) is 80.1 Å². The van der Waals surface area contributed by atoms with E-state index in [9.17, 15) is 19.2 Å². The van der Waals surface area contributed by atoms with Gasteiger partial charge in [0.2, 0.25) is 17.7 Å². The van der Waals surface area contributed by atoms with Crippen molar-refractivity contribution in [2.45, 2.75) is 147 Å². The van der Waals surface area contributed by atoms with Crippen LogP contribution in [-0.2, 0) is 14.4 Å². The highest BCUT2D eigenvalue weighted by molar-refractivity contribution is 7.10. The van der Waals surface area contributed by atoms with Gasteiger partial charge in [0.1, 0.15) is 35.2 Å². The highest BCUT2D eigenvalue weighted by Crippen LogP contribution is 2.26. The molecule has 69 heavy (non-hydrogen) atoms. The molecule has 1 aliphatic rings. The fraction of sp³-hybridized carbons (Fsp3) is 0.551. The number of aromatic nitrogens is 5. The summed E-state index contributed by atoms with van der Waals surface area (Å²) in [6, 6.07) is 3.28. The minimum atomic E-state index is -0.168. The predicted octanol–water partition coefficient (Wildman–Crippen LogP) is 10.5. The Morgan fingerprint density at radius 2 is 1.33 bits per heavy atom. The molecule has 388 valence electrons. The molecule has 5 aromatic rings. The number of aromatic hydroxyl groups is 2. The number of rotatable bonds is 8. The maximum Gasteiger partial charge on any atom is 0.280 e. The summed E-state index contributed by atoms with van der Waals surface area (Å²) in [4.78, 5) is 56.5. The second kappa shape index (κ2) is 35.1. The minimum Gasteiger partial charge on any atom is -0.507 e. The summed E-state index contributed by atoms with van der Waals surface area (Å²) in [5.41, 5.74) is 4.83. The molecule has 5 aromatic heterocycles. The van der Waals surface area contributed by atoms with Crippen molar-refractivity contribution >= 4 is 40.5 Å². The number of H-pyrrole nitrogens is 2. The van der Waals surface area contributed by atoms with Gasteiger partial charge in [0, 0.05) is 77.1 Å². The van der Waals surface area contributed by atoms with Gasteiger partial charge >= 0.3 is 0 Å². The van der Waals surface area contributed by atoms with Gasteiger partial charge in [-0.25, -0.2) is 10.5 Å². The minimum absolute atomic E-state index is 0.0972. The Balaban J connectivity index is 0. The van der Waals surface area contributed by atoms with Crippen molar-refractivity contribution in [3.05, 3.63) is 108 Å². The third kappa shape index (κ3) is 28.8. The highest BCUT2D eigenvalue weighted by atomic mass is 32.1. The number of nitrogens with zero attached hydrogens (tertiary/aromatic N) is 4. The number of aromatic amines is 2. The van der Waals surface area contributed by atoms with Crippen LogP contribution >= 0.6 is 22.9 Å². The fourth-order valence-electron chi connectivity index (χ4n) is 4.42. The lowest BCUT2D eigenvalue weighted by molar-refractivity contribution is -0.124. The Morgan fingerprint density at radius 3 is 1.55 bits per heavy atom. The van der Waals surface area contributed by atoms with Crippen molar-refractivity contribution in [1.82, 2.24) is 40.8 Å². The molecule has 7 N–H and O–H groups in total. The number of hydrogen-bond acceptors (Lipinski definition) is 16. The van der Waals surface area contributed by atoms with Gasteiger partial charge in [0.25, 0.3) is 5.56 Å². The van der Waals surface area contributed by atoms with Crippen LogP contribution in [0.15, 0.2) is 77.7 Å². The Bertz CT molecular complexity index is 2280. The molecular weight excluding hydrogens is 923 g/mol. The molecule has 0 spiro atoms. The van der Waals surface area contributed by atoms with E-state index in [1.54, 1.807) is 43.1 Å². The molecule has 0 saturated heterocycles. The smallest absolute Gasteiger partial charge is 0.280 e. The fourth-order valence-corrected chi connectivity index (χ4v) is 5.90. The zero-order valence-corrected chi connectivity index (χ0v) is 45.9. The number of carbonyl (C=O) groups is 2. The zero-order valence-electron chi connectivity index (χ0n) is 44.2. The van der Waals surface area contributed by atoms with Gasteiger partial charge in [-0.05, 0) is 42.9 Å². The average molecular weight is 1000 g/mol. The molecule has 6 heterocycles. The van der Waals surface area contributed by atoms with Crippen molar-refractivity contribution in [3.8, 4) is 11.5 Å². The molecule has 1 aliphatic heterocycles. The van der Waals surface area contributed by atoms with Crippen molar-refractivity contribution in [1.29, 1.82) is 0 Å². The first-order valence-electron chi connectivity index (χ1n) is 22.8. The third-order valence-electron chi connectivity index (χ3n) is 8.68. The number of amidine groups is 1. The number of aliphatic imine (C=N–C) groups is 1. The van der Waals surface area contributed by atoms with E-state index in [-0.39, 0.29) is 46.5 Å². The van der Waals surface area contributed by atoms with Gasteiger partial charge in [-0.1, -0.05) is 111 Å². The van der Waals surface area contributed by atoms with Crippen LogP contribution in [0.2, 0.25) is 0 Å². The van der Waals surface area contributed by atoms with Gasteiger partial charge in [0.15, 0.2) is 5.43 Å². The van der Waals surface area contributed by atoms with Crippen LogP contribution in [0.3, 0.4) is 0 Å². The van der Waals surface area contributed by atoms with E-state index >= 15 is 0 Å². The Kier molecular flexibility index (Phi) is 33.1. The Morgan fingerprint density at radius 1 is 0.754 bits per heavy atom. The molecule has 0 saturated carbocycles. The lowest BCUT2D eigenvalue weighted by Gasteiger charge is -2.02. The number of nitrogens with one attached hydrogen (secondary N) is 5. The van der Waals surface area contributed by atoms with E-state index in [0.29, 0.717) is 52.4 Å². The molecule has 0 aromatic carbocycles. The topological polar surface area (TPSA) is 263 Å². The van der Waals surface area contributed by atoms with Crippen molar-refractivity contribution < 1.29 is 33.6 Å². The lowest BCUT2D eigenvalue weighted by atomic mass is 10.0. The summed E-state index contributed by atoms with van der Waals surface area (Å²) in [5.74, 6) is 6.32. The van der Waals surface area contributed by atoms with E-state index in [1.165, 1.54) is 41.3 Å². The first kappa shape index (κ1) is 65.1. The van der Waals surface area contributed by atoms with Gasteiger partial charge in [-0.3, -0.25) is 24.3 Å². The summed E-state index contributed by atoms with van der Waals surface area (Å²) in [6.07, 6.45) is 4.53. The maximum absolute atomic E-state index is 11.4. The molecule has 0 aliphatic carbocycles. The SMILES string of the molecule is C=C1N=C(C(C)C)NO1.CC(C)c1cc(=O)[nH]o1.CC(C)c1cc(O)cs1.CC(C)c1ncn[nH]1.CC(C)c1nscc1O.CNC(=O)C(C)C.CNC(=O)C(C)C.Cc1cocc(C(C)C)c1=O. The molecule has 0 fully saturated rings. The molecule has 0 atom stereocenters. The highest BCUT2D eigenvalue weighted by Gasteiger charge is 2.12. The lowest BCUT2D eigenvalue weighted by Crippen LogP contribution is -2.22. The Labute approximate surface area is 417 Å². The van der Waals surface area contributed by atoms with E-state index < -0.39 is 0 Å². The molecule has 0 unspecified atom stereocenters. The summed E-state index contributed by atoms with van der Waals surface area (Å²) in [6.45, 7) is 37.1. The van der Waals surface area contributed by atoms with Crippen LogP contribution in [-0.4, -0.2) is 66.7 Å². The molecule has 6 rings (SSSR count). The van der Waals surface area contributed by atoms with Crippen LogP contribution in [0.25, 0.3) is 0 Å². The van der Waals surface area contributed by atoms with Crippen molar-refractivity contribution in [2.24, 2.45) is 22.7 Å². The number of hydrogen-bond donors (Lipinski definition) is 7. The van der Waals surface area contributed by atoms with Gasteiger partial charge in [0.05, 0.1) is 23.6 Å². The number of amides is 2. The summed E-state index contributed by atoms with van der Waals surface area (Å²) in [7, 11) is 3.28. The first-order valence-corrected chi connectivity index (χ1v) is 24.5. The van der Waals surface area contributed by atoms with Crippen LogP contribution in [0, 0.1) is 24.7 Å². The van der Waals surface area contributed by atoms with E-state index in [1.807, 2.05) is 89.2 Å². The summed E-state index contributed by atoms with van der Waals surface area (Å²) >= 11 is 2.90. The quantitative estimate of drug-likeness (QED) is 0.0764. The number of carbonyl (C=O) groups excluding carboxylic acids is 2. The average Bonchev–Trinajstić information content (AvgIpc) is 4.15. The van der Waals surface area contributed by atoms with Crippen LogP contribution in [0.5, 0.6) is 11.5 Å². The monoisotopic (exact) mass is 1000 g/mol. The number of hydroxylamine groups is 1. The van der Waals surface area contributed by atoms with Gasteiger partial charge in [-0.15, -0.1) is 11.3 Å². The summed E-state index contributed by atoms with van der Waals surface area (Å²) < 4.78 is 13.8. The molecule has 18 nitrogen and oxygen atoms in total. The van der Waals surface area contributed by atoms with Crippen LogP contribution < -0.4 is 27.1 Å². The third-order valence-corrected chi connectivity index (χ3v) is 10.5. The number of thiophene rings is 1. The second-order valence-corrected chi connectivity index (χ2v) is 19.3. The Hall–Kier alpha value is -6.02. The molecule has 20 heteroatoms. The van der Waals surface area contributed by atoms with Crippen LogP contribution in [0.4, 0.5) is 0 Å². The normalized spacial score (nSPS) is 11.1. The first-order chi connectivity index (χ1) is 32.1. The van der Waals surface area contributed by atoms with Gasteiger partial charge < -0.3 is 34.6 Å². The molecule has 2 amide bonds. The maximum atomic E-state index is 11.4. The molecular formula is C49H81N9O9S2. The second-order valence-electron chi connectivity index (χ2n) is 17.7. The summed E-state index contributed by atoms with van der Waals surface area (Å²) in [5, 5.41) is 35.1. The molecule has 0 bridgehead atoms. The van der Waals surface area contributed by atoms with E-state index in [0.717, 1.165) is 22.9 Å². The largest absolute Gasteiger partial charge is 0.507 e. The standard InChI is InChI=1S/C9H12O2.C7H10OS.C6H10N2O.C6H9NO2.C6H9NOS.C5H9N3.2C5H11NO/c1-6(2)8-5-11-4-7(3)9(8)10;1-5(2)7-3-6(8)4-9-7;1-4(2)6-7-5(3)9-8-6;1-4(2)5-3-6(8)7-9-5;1-4(2)6-5(8)3-9-7-6;1-4(2)5-6-3-7-8-5;2*1-4(2)5(7)6-3/h4-6H,1-3H3;3-5,8H,1-2H3;4H,3H2,1-2H3,(H,7,8);3-4H,1-2H3,(H,7,8);3-4,8H,1-2H3;3-4H,1-2H3,(H,6,7,8);2*4H,1-3H3,(H,6,7). The van der Waals surface area contributed by atoms with Crippen LogP contribution in [0.1, 0.15) is 174 Å². The van der Waals surface area contributed by atoms with Crippen molar-refractivity contribution in [3.63, 3.8) is 0 Å². The zero-order chi connectivity index (χ0) is 53.6. The molecule has 0 radical (unpaired) electrons.